The van der Waals surface area contributed by atoms with Crippen molar-refractivity contribution in [2.45, 2.75) is 150 Å². The predicted octanol–water partition coefficient (Wildman–Crippen LogP) is 9.65. The van der Waals surface area contributed by atoms with Crippen LogP contribution in [0, 0.1) is 52.3 Å². The summed E-state index contributed by atoms with van der Waals surface area (Å²) in [5, 5.41) is 0.287. The number of hydrogen-bond donors (Lipinski definition) is 0. The maximum atomic E-state index is 13.1. The van der Waals surface area contributed by atoms with Crippen LogP contribution in [-0.4, -0.2) is 27.5 Å². The van der Waals surface area contributed by atoms with Gasteiger partial charge in [-0.1, -0.05) is 61.3 Å². The number of carbonyl (C=O) groups is 1. The van der Waals surface area contributed by atoms with Gasteiger partial charge in [-0.05, 0) is 129 Å². The summed E-state index contributed by atoms with van der Waals surface area (Å²) >= 11 is 0. The Morgan fingerprint density at radius 2 is 1.58 bits per heavy atom. The first kappa shape index (κ1) is 30.6. The summed E-state index contributed by atoms with van der Waals surface area (Å²) in [5.41, 5.74) is 0.790. The van der Waals surface area contributed by atoms with E-state index in [1.807, 2.05) is 0 Å². The molecule has 0 amide bonds. The second kappa shape index (κ2) is 11.1. The Morgan fingerprint density at radius 1 is 0.921 bits per heavy atom. The monoisotopic (exact) mass is 546 g/mol. The molecule has 0 aromatic heterocycles. The molecule has 0 spiro atoms. The average Bonchev–Trinajstić information content (AvgIpc) is 3.17. The van der Waals surface area contributed by atoms with E-state index in [1.165, 1.54) is 64.2 Å². The summed E-state index contributed by atoms with van der Waals surface area (Å²) in [6, 6.07) is 0. The number of rotatable bonds is 8. The molecule has 4 rings (SSSR count). The van der Waals surface area contributed by atoms with Crippen LogP contribution in [0.2, 0.25) is 18.1 Å². The van der Waals surface area contributed by atoms with Crippen molar-refractivity contribution in [3.8, 4) is 0 Å². The molecule has 4 heteroatoms. The summed E-state index contributed by atoms with van der Waals surface area (Å²) < 4.78 is 12.4. The summed E-state index contributed by atoms with van der Waals surface area (Å²) in [6.07, 6.45) is 15.8. The van der Waals surface area contributed by atoms with Gasteiger partial charge in [0.2, 0.25) is 0 Å². The summed E-state index contributed by atoms with van der Waals surface area (Å²) in [4.78, 5) is 13.1. The molecule has 0 radical (unpaired) electrons. The van der Waals surface area contributed by atoms with Crippen molar-refractivity contribution in [2.75, 3.05) is 7.11 Å². The van der Waals surface area contributed by atoms with Crippen molar-refractivity contribution in [3.63, 3.8) is 0 Å². The lowest BCUT2D eigenvalue weighted by Crippen LogP contribution is -2.55. The Hall–Kier alpha value is -0.353. The van der Waals surface area contributed by atoms with Gasteiger partial charge in [-0.25, -0.2) is 0 Å². The van der Waals surface area contributed by atoms with Gasteiger partial charge < -0.3 is 9.16 Å². The van der Waals surface area contributed by atoms with Crippen LogP contribution < -0.4 is 0 Å². The van der Waals surface area contributed by atoms with Crippen molar-refractivity contribution < 1.29 is 14.0 Å². The van der Waals surface area contributed by atoms with Gasteiger partial charge in [-0.3, -0.25) is 4.79 Å². The molecule has 4 saturated carbocycles. The largest absolute Gasteiger partial charge is 0.469 e. The Labute approximate surface area is 237 Å². The van der Waals surface area contributed by atoms with Crippen LogP contribution in [-0.2, 0) is 14.0 Å². The highest BCUT2D eigenvalue weighted by Crippen LogP contribution is 2.68. The third-order valence-electron chi connectivity index (χ3n) is 13.2. The zero-order chi connectivity index (χ0) is 28.1. The van der Waals surface area contributed by atoms with E-state index in [9.17, 15) is 4.79 Å². The van der Waals surface area contributed by atoms with Gasteiger partial charge in [-0.2, -0.15) is 0 Å². The van der Waals surface area contributed by atoms with E-state index in [1.54, 1.807) is 7.11 Å². The topological polar surface area (TPSA) is 35.5 Å². The highest BCUT2D eigenvalue weighted by Gasteiger charge is 2.61. The van der Waals surface area contributed by atoms with E-state index in [0.717, 1.165) is 36.5 Å². The minimum absolute atomic E-state index is 0.0680. The molecular formula is C34H62O3Si. The molecule has 4 aliphatic rings. The van der Waals surface area contributed by atoms with E-state index in [0.29, 0.717) is 28.8 Å². The zero-order valence-corrected chi connectivity index (χ0v) is 27.8. The van der Waals surface area contributed by atoms with Crippen molar-refractivity contribution in [3.05, 3.63) is 0 Å². The number of hydrogen-bond acceptors (Lipinski definition) is 3. The van der Waals surface area contributed by atoms with Gasteiger partial charge in [0.1, 0.15) is 0 Å². The van der Waals surface area contributed by atoms with Crippen LogP contribution in [0.25, 0.3) is 0 Å². The van der Waals surface area contributed by atoms with E-state index in [2.05, 4.69) is 61.6 Å². The summed E-state index contributed by atoms with van der Waals surface area (Å²) in [7, 11) is -0.113. The minimum atomic E-state index is -1.72. The van der Waals surface area contributed by atoms with E-state index >= 15 is 0 Å². The lowest BCUT2D eigenvalue weighted by molar-refractivity contribution is -0.154. The predicted molar refractivity (Wildman–Crippen MR) is 161 cm³/mol. The van der Waals surface area contributed by atoms with Gasteiger partial charge >= 0.3 is 5.97 Å². The number of ether oxygens (including phenoxy) is 1. The minimum Gasteiger partial charge on any atom is -0.469 e. The van der Waals surface area contributed by atoms with Gasteiger partial charge in [0.05, 0.1) is 13.0 Å². The maximum absolute atomic E-state index is 13.1. The molecule has 0 bridgehead atoms. The van der Waals surface area contributed by atoms with Crippen molar-refractivity contribution in [1.82, 2.24) is 0 Å². The van der Waals surface area contributed by atoms with E-state index < -0.39 is 8.32 Å². The fourth-order valence-corrected chi connectivity index (χ4v) is 11.4. The molecule has 0 saturated heterocycles. The van der Waals surface area contributed by atoms with Crippen LogP contribution in [0.1, 0.15) is 126 Å². The summed E-state index contributed by atoms with van der Waals surface area (Å²) in [5.74, 6) is 4.71. The van der Waals surface area contributed by atoms with Gasteiger partial charge in [-0.15, -0.1) is 0 Å². The molecular weight excluding hydrogens is 484 g/mol. The Kier molecular flexibility index (Phi) is 8.97. The van der Waals surface area contributed by atoms with Crippen LogP contribution >= 0.6 is 0 Å². The number of fused-ring (bicyclic) bond motifs is 5. The van der Waals surface area contributed by atoms with Crippen LogP contribution in [0.3, 0.4) is 0 Å². The molecule has 0 aromatic carbocycles. The van der Waals surface area contributed by atoms with Crippen molar-refractivity contribution in [2.24, 2.45) is 52.3 Å². The first-order valence-corrected chi connectivity index (χ1v) is 19.3. The molecule has 220 valence electrons. The Morgan fingerprint density at radius 3 is 2.21 bits per heavy atom. The van der Waals surface area contributed by atoms with Crippen molar-refractivity contribution >= 4 is 14.3 Å². The highest BCUT2D eigenvalue weighted by molar-refractivity contribution is 6.74. The molecule has 4 aliphatic carbocycles. The molecule has 4 fully saturated rings. The smallest absolute Gasteiger partial charge is 0.308 e. The van der Waals surface area contributed by atoms with Gasteiger partial charge in [0, 0.05) is 6.10 Å². The molecule has 0 aliphatic heterocycles. The zero-order valence-electron chi connectivity index (χ0n) is 26.8. The third kappa shape index (κ3) is 5.57. The molecule has 2 unspecified atom stereocenters. The first-order chi connectivity index (χ1) is 17.6. The number of esters is 1. The highest BCUT2D eigenvalue weighted by atomic mass is 28.4. The number of methoxy groups -OCH3 is 1. The van der Waals surface area contributed by atoms with Gasteiger partial charge in [0.25, 0.3) is 0 Å². The molecule has 38 heavy (non-hydrogen) atoms. The van der Waals surface area contributed by atoms with Crippen LogP contribution in [0.5, 0.6) is 0 Å². The standard InChI is InChI=1S/C34H62O3Si/c1-23(2)12-11-13-27(31(35)36-8)29-17-16-28-26-15-14-24-22-25(37-38(9,10)32(3,4)5)18-20-33(24,6)30(26)19-21-34(28,29)7/h23-30H,11-22H2,1-10H3/t24?,25?,26-,27+,28-,29+,30-,33-,34-/m0/s1. The first-order valence-electron chi connectivity index (χ1n) is 16.4. The molecule has 0 N–H and O–H groups in total. The summed E-state index contributed by atoms with van der Waals surface area (Å²) in [6.45, 7) is 21.8. The van der Waals surface area contributed by atoms with Crippen LogP contribution in [0.15, 0.2) is 0 Å². The third-order valence-corrected chi connectivity index (χ3v) is 17.8. The number of carbonyl (C=O) groups excluding carboxylic acids is 1. The van der Waals surface area contributed by atoms with E-state index in [-0.39, 0.29) is 16.9 Å². The second-order valence-electron chi connectivity index (χ2n) is 16.6. The normalized spacial score (nSPS) is 40.3. The average molecular weight is 547 g/mol. The molecule has 0 heterocycles. The quantitative estimate of drug-likeness (QED) is 0.224. The Balaban J connectivity index is 1.46. The lowest BCUT2D eigenvalue weighted by Gasteiger charge is -2.61. The fraction of sp³-hybridized carbons (Fsp3) is 0.971. The second-order valence-corrected chi connectivity index (χ2v) is 21.4. The maximum Gasteiger partial charge on any atom is 0.308 e. The molecule has 3 nitrogen and oxygen atoms in total. The fourth-order valence-electron chi connectivity index (χ4n) is 10.0. The SMILES string of the molecule is COC(=O)[C@H](CCCC(C)C)[C@H]1CC[C@H]2[C@@H]3CCC4CC(O[Si](C)(C)C(C)(C)C)CC[C@]4(C)[C@H]3CC[C@]12C. The molecule has 9 atom stereocenters. The van der Waals surface area contributed by atoms with Crippen LogP contribution in [0.4, 0.5) is 0 Å². The van der Waals surface area contributed by atoms with E-state index in [4.69, 9.17) is 9.16 Å². The van der Waals surface area contributed by atoms with Gasteiger partial charge in [0.15, 0.2) is 8.32 Å². The molecule has 0 aromatic rings. The Bertz CT molecular complexity index is 830. The van der Waals surface area contributed by atoms with Crippen molar-refractivity contribution in [1.29, 1.82) is 0 Å². The lowest BCUT2D eigenvalue weighted by atomic mass is 9.44.